The van der Waals surface area contributed by atoms with Crippen LogP contribution in [-0.4, -0.2) is 17.1 Å². The van der Waals surface area contributed by atoms with Crippen molar-refractivity contribution in [2.45, 2.75) is 84.8 Å². The number of rotatable bonds is 10. The van der Waals surface area contributed by atoms with Crippen molar-refractivity contribution in [1.29, 1.82) is 0 Å². The summed E-state index contributed by atoms with van der Waals surface area (Å²) in [5.41, 5.74) is 5.06. The van der Waals surface area contributed by atoms with Gasteiger partial charge < -0.3 is 10.5 Å². The lowest BCUT2D eigenvalue weighted by Gasteiger charge is -2.34. The van der Waals surface area contributed by atoms with Crippen LogP contribution >= 0.6 is 0 Å². The molecular formula is C18H35NO2. The standard InChI is InChI=1S/C18H35NO2/c1-8-11-15(9-2)12-13-18(7,10-3)21-16(20)14(4)17(5,6)19/h8,14-15H,1,9-13,19H2,2-7H3. The molecule has 0 spiro atoms. The first kappa shape index (κ1) is 20.2. The Hall–Kier alpha value is -0.830. The molecule has 0 aliphatic carbocycles. The highest BCUT2D eigenvalue weighted by atomic mass is 16.6. The van der Waals surface area contributed by atoms with Crippen LogP contribution in [0.4, 0.5) is 0 Å². The molecule has 0 aromatic carbocycles. The predicted octanol–water partition coefficient (Wildman–Crippen LogP) is 4.45. The Bertz CT molecular complexity index is 333. The molecule has 0 rings (SSSR count). The summed E-state index contributed by atoms with van der Waals surface area (Å²) in [5, 5.41) is 0. The van der Waals surface area contributed by atoms with Crippen LogP contribution in [0.2, 0.25) is 0 Å². The third kappa shape index (κ3) is 7.12. The lowest BCUT2D eigenvalue weighted by atomic mass is 9.87. The number of allylic oxidation sites excluding steroid dienone is 1. The van der Waals surface area contributed by atoms with E-state index in [2.05, 4.69) is 20.4 Å². The molecule has 0 saturated heterocycles. The maximum Gasteiger partial charge on any atom is 0.311 e. The number of esters is 1. The molecule has 0 aromatic rings. The molecule has 0 radical (unpaired) electrons. The molecule has 21 heavy (non-hydrogen) atoms. The van der Waals surface area contributed by atoms with Crippen LogP contribution in [0, 0.1) is 11.8 Å². The normalized spacial score (nSPS) is 17.7. The van der Waals surface area contributed by atoms with Gasteiger partial charge in [-0.2, -0.15) is 0 Å². The van der Waals surface area contributed by atoms with Crippen molar-refractivity contribution in [1.82, 2.24) is 0 Å². The van der Waals surface area contributed by atoms with E-state index >= 15 is 0 Å². The SMILES string of the molecule is C=CCC(CC)CCC(C)(CC)OC(=O)C(C)C(C)(C)N. The zero-order valence-electron chi connectivity index (χ0n) is 14.9. The average Bonchev–Trinajstić information content (AvgIpc) is 2.41. The molecular weight excluding hydrogens is 262 g/mol. The molecule has 0 heterocycles. The van der Waals surface area contributed by atoms with Crippen molar-refractivity contribution in [2.24, 2.45) is 17.6 Å². The highest BCUT2D eigenvalue weighted by molar-refractivity contribution is 5.74. The van der Waals surface area contributed by atoms with Gasteiger partial charge in [-0.1, -0.05) is 33.3 Å². The van der Waals surface area contributed by atoms with E-state index in [1.165, 1.54) is 0 Å². The fourth-order valence-corrected chi connectivity index (χ4v) is 2.17. The summed E-state index contributed by atoms with van der Waals surface area (Å²) in [6.07, 6.45) is 6.89. The van der Waals surface area contributed by atoms with E-state index in [0.29, 0.717) is 5.92 Å². The van der Waals surface area contributed by atoms with Gasteiger partial charge in [0.1, 0.15) is 5.60 Å². The van der Waals surface area contributed by atoms with Gasteiger partial charge in [0.05, 0.1) is 5.92 Å². The third-order valence-corrected chi connectivity index (χ3v) is 4.72. The molecule has 3 heteroatoms. The minimum atomic E-state index is -0.555. The van der Waals surface area contributed by atoms with Crippen LogP contribution in [0.15, 0.2) is 12.7 Å². The van der Waals surface area contributed by atoms with Crippen LogP contribution in [0.25, 0.3) is 0 Å². The summed E-state index contributed by atoms with van der Waals surface area (Å²) < 4.78 is 5.80. The quantitative estimate of drug-likeness (QED) is 0.478. The summed E-state index contributed by atoms with van der Waals surface area (Å²) in [5.74, 6) is 0.123. The van der Waals surface area contributed by atoms with Gasteiger partial charge in [0.25, 0.3) is 0 Å². The number of carbonyl (C=O) groups excluding carboxylic acids is 1. The van der Waals surface area contributed by atoms with Crippen molar-refractivity contribution in [3.05, 3.63) is 12.7 Å². The average molecular weight is 297 g/mol. The Morgan fingerprint density at radius 2 is 1.90 bits per heavy atom. The minimum absolute atomic E-state index is 0.191. The molecule has 0 bridgehead atoms. The lowest BCUT2D eigenvalue weighted by Crippen LogP contribution is -2.46. The van der Waals surface area contributed by atoms with E-state index in [0.717, 1.165) is 32.1 Å². The zero-order valence-corrected chi connectivity index (χ0v) is 14.9. The topological polar surface area (TPSA) is 52.3 Å². The molecule has 3 atom stereocenters. The van der Waals surface area contributed by atoms with Gasteiger partial charge in [-0.25, -0.2) is 0 Å². The molecule has 3 nitrogen and oxygen atoms in total. The Morgan fingerprint density at radius 1 is 1.33 bits per heavy atom. The number of hydrogen-bond acceptors (Lipinski definition) is 3. The Labute approximate surface area is 131 Å². The maximum atomic E-state index is 12.3. The van der Waals surface area contributed by atoms with Gasteiger partial charge in [-0.15, -0.1) is 6.58 Å². The number of hydrogen-bond donors (Lipinski definition) is 1. The van der Waals surface area contributed by atoms with E-state index in [-0.39, 0.29) is 11.9 Å². The first-order chi connectivity index (χ1) is 9.59. The number of ether oxygens (including phenoxy) is 1. The lowest BCUT2D eigenvalue weighted by molar-refractivity contribution is -0.166. The first-order valence-corrected chi connectivity index (χ1v) is 8.22. The number of carbonyl (C=O) groups is 1. The van der Waals surface area contributed by atoms with Gasteiger partial charge in [-0.3, -0.25) is 4.79 Å². The van der Waals surface area contributed by atoms with Gasteiger partial charge in [0.15, 0.2) is 0 Å². The zero-order chi connectivity index (χ0) is 16.7. The summed E-state index contributed by atoms with van der Waals surface area (Å²) >= 11 is 0. The second kappa shape index (κ2) is 8.57. The second-order valence-corrected chi connectivity index (χ2v) is 7.10. The summed E-state index contributed by atoms with van der Waals surface area (Å²) in [6, 6.07) is 0. The van der Waals surface area contributed by atoms with E-state index in [1.54, 1.807) is 0 Å². The van der Waals surface area contributed by atoms with Crippen molar-refractivity contribution in [3.8, 4) is 0 Å². The highest BCUT2D eigenvalue weighted by Gasteiger charge is 2.34. The van der Waals surface area contributed by atoms with Crippen molar-refractivity contribution in [2.75, 3.05) is 0 Å². The van der Waals surface area contributed by atoms with Gasteiger partial charge in [0.2, 0.25) is 0 Å². The molecule has 124 valence electrons. The van der Waals surface area contributed by atoms with Gasteiger partial charge >= 0.3 is 5.97 Å². The fraction of sp³-hybridized carbons (Fsp3) is 0.833. The molecule has 0 aromatic heterocycles. The summed E-state index contributed by atoms with van der Waals surface area (Å²) in [6.45, 7) is 15.7. The van der Waals surface area contributed by atoms with Crippen molar-refractivity contribution >= 4 is 5.97 Å². The Morgan fingerprint density at radius 3 is 2.29 bits per heavy atom. The number of nitrogens with two attached hydrogens (primary N) is 1. The first-order valence-electron chi connectivity index (χ1n) is 8.22. The molecule has 0 fully saturated rings. The van der Waals surface area contributed by atoms with Crippen LogP contribution < -0.4 is 5.73 Å². The van der Waals surface area contributed by atoms with E-state index < -0.39 is 11.1 Å². The van der Waals surface area contributed by atoms with Crippen LogP contribution in [-0.2, 0) is 9.53 Å². The van der Waals surface area contributed by atoms with Gasteiger partial charge in [0, 0.05) is 5.54 Å². The van der Waals surface area contributed by atoms with Gasteiger partial charge in [-0.05, 0) is 52.4 Å². The van der Waals surface area contributed by atoms with E-state index in [9.17, 15) is 4.79 Å². The van der Waals surface area contributed by atoms with E-state index in [4.69, 9.17) is 10.5 Å². The monoisotopic (exact) mass is 297 g/mol. The third-order valence-electron chi connectivity index (χ3n) is 4.72. The molecule has 0 saturated carbocycles. The molecule has 0 amide bonds. The Balaban J connectivity index is 4.65. The minimum Gasteiger partial charge on any atom is -0.459 e. The predicted molar refractivity (Wildman–Crippen MR) is 90.0 cm³/mol. The molecule has 0 aliphatic heterocycles. The van der Waals surface area contributed by atoms with Crippen LogP contribution in [0.3, 0.4) is 0 Å². The second-order valence-electron chi connectivity index (χ2n) is 7.10. The maximum absolute atomic E-state index is 12.3. The largest absolute Gasteiger partial charge is 0.459 e. The summed E-state index contributed by atoms with van der Waals surface area (Å²) in [4.78, 5) is 12.3. The molecule has 0 aliphatic rings. The van der Waals surface area contributed by atoms with Crippen molar-refractivity contribution in [3.63, 3.8) is 0 Å². The van der Waals surface area contributed by atoms with E-state index in [1.807, 2.05) is 33.8 Å². The highest BCUT2D eigenvalue weighted by Crippen LogP contribution is 2.29. The van der Waals surface area contributed by atoms with Crippen LogP contribution in [0.5, 0.6) is 0 Å². The molecule has 2 N–H and O–H groups in total. The Kier molecular flexibility index (Phi) is 8.23. The fourth-order valence-electron chi connectivity index (χ4n) is 2.17. The molecule has 3 unspecified atom stereocenters. The van der Waals surface area contributed by atoms with Crippen LogP contribution in [0.1, 0.15) is 73.6 Å². The summed E-state index contributed by atoms with van der Waals surface area (Å²) in [7, 11) is 0. The smallest absolute Gasteiger partial charge is 0.311 e. The van der Waals surface area contributed by atoms with Crippen molar-refractivity contribution < 1.29 is 9.53 Å².